The molecule has 2 aromatic carbocycles. The molecule has 0 atom stereocenters. The van der Waals surface area contributed by atoms with Crippen molar-refractivity contribution in [2.45, 2.75) is 6.42 Å². The van der Waals surface area contributed by atoms with Gasteiger partial charge in [0.25, 0.3) is 5.91 Å². The van der Waals surface area contributed by atoms with E-state index < -0.39 is 0 Å². The van der Waals surface area contributed by atoms with E-state index in [0.717, 1.165) is 11.1 Å². The number of fused-ring (bicyclic) bond motifs is 2. The lowest BCUT2D eigenvalue weighted by Crippen LogP contribution is -2.11. The number of carbonyl (C=O) groups is 1. The molecular weight excluding hydrogens is 217 g/mol. The molecular formula is C14H10FNO. The number of hydrogen-bond acceptors (Lipinski definition) is 1. The van der Waals surface area contributed by atoms with Crippen molar-refractivity contribution in [3.8, 4) is 0 Å². The van der Waals surface area contributed by atoms with E-state index in [2.05, 4.69) is 5.32 Å². The first kappa shape index (κ1) is 10.0. The molecule has 3 rings (SSSR count). The van der Waals surface area contributed by atoms with Crippen molar-refractivity contribution in [2.24, 2.45) is 0 Å². The van der Waals surface area contributed by atoms with Gasteiger partial charge in [0.05, 0.1) is 0 Å². The fraction of sp³-hybridized carbons (Fsp3) is 0.0714. The highest BCUT2D eigenvalue weighted by Gasteiger charge is 2.18. The third-order valence-electron chi connectivity index (χ3n) is 2.96. The van der Waals surface area contributed by atoms with Crippen LogP contribution in [0.5, 0.6) is 0 Å². The number of anilines is 1. The first-order chi connectivity index (χ1) is 8.24. The number of hydrogen-bond donors (Lipinski definition) is 1. The Labute approximate surface area is 98.1 Å². The third kappa shape index (κ3) is 1.69. The van der Waals surface area contributed by atoms with Gasteiger partial charge >= 0.3 is 0 Å². The maximum absolute atomic E-state index is 13.1. The molecule has 0 aliphatic carbocycles. The van der Waals surface area contributed by atoms with Crippen molar-refractivity contribution in [2.75, 3.05) is 5.32 Å². The molecule has 0 aromatic heterocycles. The Morgan fingerprint density at radius 1 is 1.06 bits per heavy atom. The van der Waals surface area contributed by atoms with Crippen LogP contribution in [-0.2, 0) is 6.42 Å². The summed E-state index contributed by atoms with van der Waals surface area (Å²) in [5, 5.41) is 2.74. The molecule has 3 heteroatoms. The number of benzene rings is 2. The number of halogens is 1. The van der Waals surface area contributed by atoms with Crippen molar-refractivity contribution in [1.82, 2.24) is 0 Å². The summed E-state index contributed by atoms with van der Waals surface area (Å²) in [5.74, 6) is -0.514. The van der Waals surface area contributed by atoms with Crippen molar-refractivity contribution < 1.29 is 9.18 Å². The lowest BCUT2D eigenvalue weighted by atomic mass is 10.0. The Morgan fingerprint density at radius 2 is 1.88 bits per heavy atom. The van der Waals surface area contributed by atoms with Gasteiger partial charge in [0.2, 0.25) is 0 Å². The van der Waals surface area contributed by atoms with Gasteiger partial charge in [-0.1, -0.05) is 24.3 Å². The highest BCUT2D eigenvalue weighted by molar-refractivity contribution is 6.06. The van der Waals surface area contributed by atoms with Crippen LogP contribution in [0.3, 0.4) is 0 Å². The van der Waals surface area contributed by atoms with Gasteiger partial charge in [0, 0.05) is 17.7 Å². The molecule has 0 unspecified atom stereocenters. The summed E-state index contributed by atoms with van der Waals surface area (Å²) in [7, 11) is 0. The molecule has 1 heterocycles. The summed E-state index contributed by atoms with van der Waals surface area (Å²) in [6, 6.07) is 11.9. The molecule has 0 radical (unpaired) electrons. The van der Waals surface area contributed by atoms with Crippen molar-refractivity contribution in [3.63, 3.8) is 0 Å². The summed E-state index contributed by atoms with van der Waals surface area (Å²) < 4.78 is 13.1. The van der Waals surface area contributed by atoms with Crippen LogP contribution in [0, 0.1) is 5.82 Å². The summed E-state index contributed by atoms with van der Waals surface area (Å²) in [6.45, 7) is 0. The van der Waals surface area contributed by atoms with E-state index in [0.29, 0.717) is 17.7 Å². The van der Waals surface area contributed by atoms with Crippen LogP contribution >= 0.6 is 0 Å². The zero-order valence-corrected chi connectivity index (χ0v) is 9.03. The summed E-state index contributed by atoms with van der Waals surface area (Å²) in [5.41, 5.74) is 3.12. The van der Waals surface area contributed by atoms with Crippen LogP contribution in [0.25, 0.3) is 0 Å². The Bertz CT molecular complexity index is 607. The van der Waals surface area contributed by atoms with Gasteiger partial charge in [-0.3, -0.25) is 4.79 Å². The van der Waals surface area contributed by atoms with Gasteiger partial charge in [-0.15, -0.1) is 0 Å². The first-order valence-electron chi connectivity index (χ1n) is 5.42. The summed E-state index contributed by atoms with van der Waals surface area (Å²) in [6.07, 6.45) is 0.643. The molecule has 17 heavy (non-hydrogen) atoms. The monoisotopic (exact) mass is 227 g/mol. The van der Waals surface area contributed by atoms with E-state index >= 15 is 0 Å². The second-order valence-electron chi connectivity index (χ2n) is 4.09. The molecule has 2 nitrogen and oxygen atoms in total. The normalized spacial score (nSPS) is 13.4. The molecule has 0 bridgehead atoms. The maximum Gasteiger partial charge on any atom is 0.255 e. The largest absolute Gasteiger partial charge is 0.322 e. The van der Waals surface area contributed by atoms with Gasteiger partial charge in [0.1, 0.15) is 5.82 Å². The minimum atomic E-state index is -0.338. The van der Waals surface area contributed by atoms with Crippen molar-refractivity contribution in [1.29, 1.82) is 0 Å². The standard InChI is InChI=1S/C14H10FNO/c15-11-6-5-10-7-9-3-1-2-4-12(9)14(17)16-13(10)8-11/h1-6,8H,7H2,(H,16,17). The highest BCUT2D eigenvalue weighted by Crippen LogP contribution is 2.26. The third-order valence-corrected chi connectivity index (χ3v) is 2.96. The molecule has 1 amide bonds. The number of rotatable bonds is 0. The second kappa shape index (κ2) is 3.70. The fourth-order valence-corrected chi connectivity index (χ4v) is 2.11. The first-order valence-corrected chi connectivity index (χ1v) is 5.42. The Balaban J connectivity index is 2.17. The molecule has 84 valence electrons. The summed E-state index contributed by atoms with van der Waals surface area (Å²) in [4.78, 5) is 11.9. The SMILES string of the molecule is O=C1Nc2cc(F)ccc2Cc2ccccc21. The quantitative estimate of drug-likeness (QED) is 0.736. The average Bonchev–Trinajstić information content (AvgIpc) is 2.46. The molecule has 0 saturated heterocycles. The Morgan fingerprint density at radius 3 is 2.76 bits per heavy atom. The van der Waals surface area contributed by atoms with Crippen LogP contribution in [0.15, 0.2) is 42.5 Å². The smallest absolute Gasteiger partial charge is 0.255 e. The van der Waals surface area contributed by atoms with Crippen LogP contribution in [0.4, 0.5) is 10.1 Å². The minimum Gasteiger partial charge on any atom is -0.322 e. The van der Waals surface area contributed by atoms with Crippen molar-refractivity contribution in [3.05, 3.63) is 65.0 Å². The van der Waals surface area contributed by atoms with Crippen LogP contribution in [-0.4, -0.2) is 5.91 Å². The van der Waals surface area contributed by atoms with Gasteiger partial charge < -0.3 is 5.32 Å². The minimum absolute atomic E-state index is 0.176. The van der Waals surface area contributed by atoms with E-state index in [-0.39, 0.29) is 11.7 Å². The molecule has 1 aliphatic rings. The molecule has 0 spiro atoms. The van der Waals surface area contributed by atoms with E-state index in [1.807, 2.05) is 18.2 Å². The van der Waals surface area contributed by atoms with Gasteiger partial charge in [-0.05, 0) is 29.3 Å². The molecule has 1 N–H and O–H groups in total. The molecule has 1 aliphatic heterocycles. The Kier molecular flexibility index (Phi) is 2.18. The predicted molar refractivity (Wildman–Crippen MR) is 63.6 cm³/mol. The predicted octanol–water partition coefficient (Wildman–Crippen LogP) is 2.98. The lowest BCUT2D eigenvalue weighted by molar-refractivity contribution is 0.102. The average molecular weight is 227 g/mol. The fourth-order valence-electron chi connectivity index (χ4n) is 2.11. The van der Waals surface area contributed by atoms with Gasteiger partial charge in [-0.25, -0.2) is 4.39 Å². The molecule has 0 saturated carbocycles. The van der Waals surface area contributed by atoms with Crippen LogP contribution < -0.4 is 5.32 Å². The molecule has 0 fully saturated rings. The van der Waals surface area contributed by atoms with Gasteiger partial charge in [-0.2, -0.15) is 0 Å². The number of nitrogens with one attached hydrogen (secondary N) is 1. The van der Waals surface area contributed by atoms with Crippen molar-refractivity contribution >= 4 is 11.6 Å². The van der Waals surface area contributed by atoms with Crippen LogP contribution in [0.2, 0.25) is 0 Å². The lowest BCUT2D eigenvalue weighted by Gasteiger charge is -2.05. The van der Waals surface area contributed by atoms with E-state index in [9.17, 15) is 9.18 Å². The zero-order valence-electron chi connectivity index (χ0n) is 9.03. The zero-order chi connectivity index (χ0) is 11.8. The summed E-state index contributed by atoms with van der Waals surface area (Å²) >= 11 is 0. The topological polar surface area (TPSA) is 29.1 Å². The van der Waals surface area contributed by atoms with Crippen LogP contribution in [0.1, 0.15) is 21.5 Å². The second-order valence-corrected chi connectivity index (χ2v) is 4.09. The highest BCUT2D eigenvalue weighted by atomic mass is 19.1. The maximum atomic E-state index is 13.1. The van der Waals surface area contributed by atoms with E-state index in [1.54, 1.807) is 12.1 Å². The molecule has 2 aromatic rings. The van der Waals surface area contributed by atoms with E-state index in [4.69, 9.17) is 0 Å². The number of carbonyl (C=O) groups excluding carboxylic acids is 1. The van der Waals surface area contributed by atoms with E-state index in [1.165, 1.54) is 12.1 Å². The van der Waals surface area contributed by atoms with Gasteiger partial charge in [0.15, 0.2) is 0 Å². The number of amides is 1. The Hall–Kier alpha value is -2.16.